The summed E-state index contributed by atoms with van der Waals surface area (Å²) < 4.78 is 2.57. The lowest BCUT2D eigenvalue weighted by Crippen LogP contribution is -1.93. The first-order valence-electron chi connectivity index (χ1n) is 3.73. The smallest absolute Gasteiger partial charge is 0.154 e. The minimum absolute atomic E-state index is 0.769. The Labute approximate surface area is 75.0 Å². The van der Waals surface area contributed by atoms with Crippen LogP contribution in [0.25, 0.3) is 5.65 Å². The highest BCUT2D eigenvalue weighted by molar-refractivity contribution is 7.71. The number of hydrogen-bond acceptors (Lipinski definition) is 2. The first-order chi connectivity index (χ1) is 5.66. The van der Waals surface area contributed by atoms with Gasteiger partial charge in [0.1, 0.15) is 4.64 Å². The Kier molecular flexibility index (Phi) is 1.51. The highest BCUT2D eigenvalue weighted by atomic mass is 32.1. The number of H-pyrrole nitrogens is 1. The van der Waals surface area contributed by atoms with Crippen molar-refractivity contribution in [2.24, 2.45) is 0 Å². The topological polar surface area (TPSA) is 33.1 Å². The van der Waals surface area contributed by atoms with Crippen molar-refractivity contribution >= 4 is 17.9 Å². The molecule has 0 radical (unpaired) electrons. The fourth-order valence-corrected chi connectivity index (χ4v) is 1.54. The number of aromatic nitrogens is 3. The zero-order chi connectivity index (χ0) is 8.72. The summed E-state index contributed by atoms with van der Waals surface area (Å²) in [7, 11) is 0. The summed E-state index contributed by atoms with van der Waals surface area (Å²) in [5.41, 5.74) is 2.91. The number of aromatic amines is 1. The maximum Gasteiger partial charge on any atom is 0.154 e. The molecule has 2 rings (SSSR count). The Hall–Kier alpha value is -1.16. The molecule has 62 valence electrons. The van der Waals surface area contributed by atoms with Crippen LogP contribution in [0.5, 0.6) is 0 Å². The van der Waals surface area contributed by atoms with E-state index >= 15 is 0 Å². The van der Waals surface area contributed by atoms with Crippen LogP contribution in [0.3, 0.4) is 0 Å². The summed E-state index contributed by atoms with van der Waals surface area (Å²) in [6.45, 7) is 3.93. The van der Waals surface area contributed by atoms with Gasteiger partial charge in [-0.1, -0.05) is 12.2 Å². The predicted molar refractivity (Wildman–Crippen MR) is 49.9 cm³/mol. The summed E-state index contributed by atoms with van der Waals surface area (Å²) in [4.78, 5) is 4.32. The minimum atomic E-state index is 0.769. The van der Waals surface area contributed by atoms with Crippen molar-refractivity contribution in [3.05, 3.63) is 28.2 Å². The van der Waals surface area contributed by atoms with Crippen LogP contribution in [0.15, 0.2) is 12.1 Å². The lowest BCUT2D eigenvalue weighted by molar-refractivity contribution is 0.896. The van der Waals surface area contributed by atoms with Gasteiger partial charge < -0.3 is 0 Å². The molecule has 0 saturated carbocycles. The second-order valence-corrected chi connectivity index (χ2v) is 3.29. The number of hydrogen-bond donors (Lipinski definition) is 1. The van der Waals surface area contributed by atoms with Crippen molar-refractivity contribution in [2.45, 2.75) is 13.8 Å². The van der Waals surface area contributed by atoms with Crippen molar-refractivity contribution in [3.8, 4) is 0 Å². The summed E-state index contributed by atoms with van der Waals surface area (Å²) >= 11 is 5.15. The molecule has 0 saturated heterocycles. The van der Waals surface area contributed by atoms with Crippen molar-refractivity contribution in [2.75, 3.05) is 0 Å². The molecule has 0 aliphatic carbocycles. The monoisotopic (exact) mass is 179 g/mol. The Morgan fingerprint density at radius 2 is 2.17 bits per heavy atom. The molecule has 2 aromatic heterocycles. The van der Waals surface area contributed by atoms with E-state index in [9.17, 15) is 0 Å². The van der Waals surface area contributed by atoms with E-state index in [-0.39, 0.29) is 0 Å². The second-order valence-electron chi connectivity index (χ2n) is 2.87. The highest BCUT2D eigenvalue weighted by Crippen LogP contribution is 2.05. The molecule has 2 heterocycles. The zero-order valence-electron chi connectivity index (χ0n) is 6.96. The number of nitrogens with one attached hydrogen (secondary N) is 1. The first kappa shape index (κ1) is 7.49. The molecule has 0 atom stereocenters. The summed E-state index contributed by atoms with van der Waals surface area (Å²) in [6, 6.07) is 3.85. The van der Waals surface area contributed by atoms with Crippen LogP contribution < -0.4 is 0 Å². The first-order valence-corrected chi connectivity index (χ1v) is 4.14. The van der Waals surface area contributed by atoms with E-state index in [0.29, 0.717) is 0 Å². The number of rotatable bonds is 0. The van der Waals surface area contributed by atoms with Crippen LogP contribution in [-0.4, -0.2) is 14.6 Å². The third-order valence-corrected chi connectivity index (χ3v) is 2.01. The van der Waals surface area contributed by atoms with E-state index in [1.165, 1.54) is 0 Å². The predicted octanol–water partition coefficient (Wildman–Crippen LogP) is 2.01. The molecule has 3 nitrogen and oxygen atoms in total. The number of aryl methyl sites for hydroxylation is 2. The van der Waals surface area contributed by atoms with Crippen molar-refractivity contribution in [1.82, 2.24) is 14.6 Å². The van der Waals surface area contributed by atoms with E-state index < -0.39 is 0 Å². The van der Waals surface area contributed by atoms with Gasteiger partial charge in [-0.25, -0.2) is 9.50 Å². The molecule has 1 N–H and O–H groups in total. The van der Waals surface area contributed by atoms with Gasteiger partial charge in [0.2, 0.25) is 0 Å². The third-order valence-electron chi connectivity index (χ3n) is 1.71. The Bertz CT molecular complexity index is 480. The lowest BCUT2D eigenvalue weighted by atomic mass is 10.4. The Balaban J connectivity index is 2.98. The van der Waals surface area contributed by atoms with Gasteiger partial charge in [0.15, 0.2) is 5.65 Å². The maximum absolute atomic E-state index is 5.15. The average molecular weight is 179 g/mol. The van der Waals surface area contributed by atoms with Gasteiger partial charge in [-0.2, -0.15) is 0 Å². The van der Waals surface area contributed by atoms with Crippen LogP contribution in [0, 0.1) is 18.5 Å². The van der Waals surface area contributed by atoms with Gasteiger partial charge in [-0.05, 0) is 19.9 Å². The van der Waals surface area contributed by atoms with E-state index in [1.807, 2.05) is 26.0 Å². The summed E-state index contributed by atoms with van der Waals surface area (Å²) in [5, 5.41) is 3.10. The lowest BCUT2D eigenvalue weighted by Gasteiger charge is -1.94. The molecule has 2 aromatic rings. The van der Waals surface area contributed by atoms with Gasteiger partial charge >= 0.3 is 0 Å². The quantitative estimate of drug-likeness (QED) is 0.627. The number of nitrogens with zero attached hydrogens (tertiary/aromatic N) is 2. The zero-order valence-corrected chi connectivity index (χ0v) is 7.77. The van der Waals surface area contributed by atoms with Gasteiger partial charge in [0.25, 0.3) is 0 Å². The molecule has 0 aliphatic rings. The van der Waals surface area contributed by atoms with Crippen molar-refractivity contribution in [1.29, 1.82) is 0 Å². The molecular formula is C8H9N3S. The highest BCUT2D eigenvalue weighted by Gasteiger charge is 1.98. The molecule has 0 aliphatic heterocycles. The molecule has 0 amide bonds. The largest absolute Gasteiger partial charge is 0.296 e. The summed E-state index contributed by atoms with van der Waals surface area (Å²) in [5.74, 6) is 0. The molecule has 0 bridgehead atoms. The molecule has 4 heteroatoms. The fraction of sp³-hybridized carbons (Fsp3) is 0.250. The Morgan fingerprint density at radius 3 is 2.92 bits per heavy atom. The molecular weight excluding hydrogens is 170 g/mol. The van der Waals surface area contributed by atoms with Crippen LogP contribution in [0.4, 0.5) is 0 Å². The van der Waals surface area contributed by atoms with E-state index in [2.05, 4.69) is 10.1 Å². The fourth-order valence-electron chi connectivity index (χ4n) is 1.23. The van der Waals surface area contributed by atoms with Crippen LogP contribution in [0.2, 0.25) is 0 Å². The molecule has 12 heavy (non-hydrogen) atoms. The van der Waals surface area contributed by atoms with Gasteiger partial charge in [0.05, 0.1) is 0 Å². The molecule has 0 unspecified atom stereocenters. The standard InChI is InChI=1S/C8H9N3S/c1-5-4-8(12)11-7(9-5)3-6(2)10-11/h3-4,10H,1-2H3. The van der Waals surface area contributed by atoms with E-state index in [0.717, 1.165) is 21.7 Å². The van der Waals surface area contributed by atoms with Crippen LogP contribution in [-0.2, 0) is 0 Å². The SMILES string of the molecule is Cc1cc(=S)n2[nH]c(C)cc2n1. The van der Waals surface area contributed by atoms with Gasteiger partial charge in [0, 0.05) is 17.5 Å². The van der Waals surface area contributed by atoms with Gasteiger partial charge in [-0.3, -0.25) is 5.10 Å². The van der Waals surface area contributed by atoms with E-state index in [1.54, 1.807) is 4.52 Å². The average Bonchev–Trinajstić information content (AvgIpc) is 2.29. The molecule has 0 fully saturated rings. The minimum Gasteiger partial charge on any atom is -0.296 e. The van der Waals surface area contributed by atoms with Crippen LogP contribution in [0.1, 0.15) is 11.4 Å². The maximum atomic E-state index is 5.15. The van der Waals surface area contributed by atoms with Crippen molar-refractivity contribution < 1.29 is 0 Å². The van der Waals surface area contributed by atoms with Gasteiger partial charge in [-0.15, -0.1) is 0 Å². The second kappa shape index (κ2) is 2.42. The number of fused-ring (bicyclic) bond motifs is 1. The van der Waals surface area contributed by atoms with E-state index in [4.69, 9.17) is 12.2 Å². The van der Waals surface area contributed by atoms with Crippen molar-refractivity contribution in [3.63, 3.8) is 0 Å². The van der Waals surface area contributed by atoms with Crippen LogP contribution >= 0.6 is 12.2 Å². The summed E-state index contributed by atoms with van der Waals surface area (Å²) in [6.07, 6.45) is 0. The third kappa shape index (κ3) is 1.04. The molecule has 0 spiro atoms. The normalized spacial score (nSPS) is 10.8. The Morgan fingerprint density at radius 1 is 1.42 bits per heavy atom. The molecule has 0 aromatic carbocycles.